The van der Waals surface area contributed by atoms with Crippen LogP contribution < -0.4 is 5.32 Å². The molecule has 0 unspecified atom stereocenters. The van der Waals surface area contributed by atoms with Gasteiger partial charge in [0.2, 0.25) is 5.91 Å². The van der Waals surface area contributed by atoms with Crippen LogP contribution in [-0.4, -0.2) is 30.6 Å². The highest BCUT2D eigenvalue weighted by molar-refractivity contribution is 5.92. The molecule has 23 heavy (non-hydrogen) atoms. The van der Waals surface area contributed by atoms with Gasteiger partial charge in [-0.15, -0.1) is 0 Å². The fourth-order valence-electron chi connectivity index (χ4n) is 3.20. The average Bonchev–Trinajstić information content (AvgIpc) is 2.61. The van der Waals surface area contributed by atoms with Gasteiger partial charge in [0.15, 0.2) is 0 Å². The Morgan fingerprint density at radius 2 is 2.13 bits per heavy atom. The Morgan fingerprint density at radius 1 is 1.26 bits per heavy atom. The number of amides is 2. The Bertz CT molecular complexity index is 639. The minimum absolute atomic E-state index is 0.0580. The number of anilines is 1. The van der Waals surface area contributed by atoms with Gasteiger partial charge in [-0.25, -0.2) is 4.79 Å². The van der Waals surface area contributed by atoms with Gasteiger partial charge in [0.05, 0.1) is 7.11 Å². The minimum Gasteiger partial charge on any atom is -0.453 e. The monoisotopic (exact) mass is 314 g/mol. The molecular weight excluding hydrogens is 292 g/mol. The largest absolute Gasteiger partial charge is 0.453 e. The van der Waals surface area contributed by atoms with Gasteiger partial charge in [-0.05, 0) is 48.9 Å². The Morgan fingerprint density at radius 3 is 2.87 bits per heavy atom. The first-order valence-corrected chi connectivity index (χ1v) is 8.08. The van der Waals surface area contributed by atoms with E-state index < -0.39 is 0 Å². The number of carbonyl (C=O) groups is 2. The number of rotatable bonds is 2. The van der Waals surface area contributed by atoms with Crippen LogP contribution in [0.1, 0.15) is 30.4 Å². The van der Waals surface area contributed by atoms with Gasteiger partial charge in [-0.2, -0.15) is 0 Å². The molecule has 1 aromatic carbocycles. The van der Waals surface area contributed by atoms with E-state index in [1.807, 2.05) is 18.2 Å². The number of fused-ring (bicyclic) bond motifs is 1. The number of ether oxygens (including phenoxy) is 1. The lowest BCUT2D eigenvalue weighted by Gasteiger charge is -2.28. The minimum atomic E-state index is -0.306. The summed E-state index contributed by atoms with van der Waals surface area (Å²) < 4.78 is 4.79. The van der Waals surface area contributed by atoms with Crippen molar-refractivity contribution in [3.8, 4) is 0 Å². The number of benzene rings is 1. The highest BCUT2D eigenvalue weighted by atomic mass is 16.5. The van der Waals surface area contributed by atoms with Crippen LogP contribution >= 0.6 is 0 Å². The second-order valence-corrected chi connectivity index (χ2v) is 6.10. The maximum absolute atomic E-state index is 12.3. The van der Waals surface area contributed by atoms with Crippen LogP contribution in [0.2, 0.25) is 0 Å². The predicted octanol–water partition coefficient (Wildman–Crippen LogP) is 3.11. The van der Waals surface area contributed by atoms with Crippen LogP contribution in [0, 0.1) is 5.92 Å². The Hall–Kier alpha value is -2.30. The van der Waals surface area contributed by atoms with E-state index in [4.69, 9.17) is 4.74 Å². The molecule has 0 fully saturated rings. The SMILES string of the molecule is COC(=O)N1CCc2ccc(NC(=O)[C@H]3CC=CCC3)cc2C1. The van der Waals surface area contributed by atoms with Gasteiger partial charge in [-0.1, -0.05) is 18.2 Å². The van der Waals surface area contributed by atoms with E-state index in [-0.39, 0.29) is 17.9 Å². The zero-order chi connectivity index (χ0) is 16.2. The summed E-state index contributed by atoms with van der Waals surface area (Å²) in [5, 5.41) is 3.01. The molecule has 1 atom stereocenters. The molecule has 0 saturated heterocycles. The summed E-state index contributed by atoms with van der Waals surface area (Å²) in [6.45, 7) is 1.19. The van der Waals surface area contributed by atoms with E-state index in [9.17, 15) is 9.59 Å². The first-order chi connectivity index (χ1) is 11.2. The summed E-state index contributed by atoms with van der Waals surface area (Å²) in [6, 6.07) is 5.96. The molecule has 1 aliphatic heterocycles. The number of nitrogens with one attached hydrogen (secondary N) is 1. The second-order valence-electron chi connectivity index (χ2n) is 6.10. The summed E-state index contributed by atoms with van der Waals surface area (Å²) >= 11 is 0. The summed E-state index contributed by atoms with van der Waals surface area (Å²) in [5.74, 6) is 0.137. The quantitative estimate of drug-likeness (QED) is 0.853. The maximum Gasteiger partial charge on any atom is 0.409 e. The highest BCUT2D eigenvalue weighted by Gasteiger charge is 2.22. The molecule has 0 bridgehead atoms. The third kappa shape index (κ3) is 3.55. The number of hydrogen-bond donors (Lipinski definition) is 1. The summed E-state index contributed by atoms with van der Waals surface area (Å²) in [7, 11) is 1.40. The fourth-order valence-corrected chi connectivity index (χ4v) is 3.20. The molecule has 0 radical (unpaired) electrons. The first-order valence-electron chi connectivity index (χ1n) is 8.08. The van der Waals surface area contributed by atoms with Gasteiger partial charge < -0.3 is 15.0 Å². The smallest absolute Gasteiger partial charge is 0.409 e. The molecule has 0 aromatic heterocycles. The van der Waals surface area contributed by atoms with E-state index in [1.165, 1.54) is 12.7 Å². The lowest BCUT2D eigenvalue weighted by Crippen LogP contribution is -2.35. The average molecular weight is 314 g/mol. The van der Waals surface area contributed by atoms with Crippen LogP contribution in [0.3, 0.4) is 0 Å². The van der Waals surface area contributed by atoms with Crippen LogP contribution in [-0.2, 0) is 22.5 Å². The molecule has 2 amide bonds. The number of hydrogen-bond acceptors (Lipinski definition) is 3. The first kappa shape index (κ1) is 15.6. The summed E-state index contributed by atoms with van der Waals surface area (Å²) in [4.78, 5) is 25.7. The van der Waals surface area contributed by atoms with Crippen molar-refractivity contribution in [3.05, 3.63) is 41.5 Å². The molecule has 5 nitrogen and oxygen atoms in total. The standard InChI is InChI=1S/C18H22N2O3/c1-23-18(22)20-10-9-13-7-8-16(11-15(13)12-20)19-17(21)14-5-3-2-4-6-14/h2-3,7-8,11,14H,4-6,9-10,12H2,1H3,(H,19,21)/t14-/m0/s1. The zero-order valence-corrected chi connectivity index (χ0v) is 13.4. The molecule has 1 aliphatic carbocycles. The van der Waals surface area contributed by atoms with E-state index >= 15 is 0 Å². The molecule has 0 spiro atoms. The van der Waals surface area contributed by atoms with E-state index in [0.29, 0.717) is 13.1 Å². The normalized spacial score (nSPS) is 19.9. The molecule has 0 saturated carbocycles. The van der Waals surface area contributed by atoms with Gasteiger partial charge in [-0.3, -0.25) is 4.79 Å². The van der Waals surface area contributed by atoms with Crippen LogP contribution in [0.25, 0.3) is 0 Å². The van der Waals surface area contributed by atoms with Crippen molar-refractivity contribution in [2.45, 2.75) is 32.2 Å². The number of allylic oxidation sites excluding steroid dienone is 2. The number of carbonyl (C=O) groups excluding carboxylic acids is 2. The molecule has 1 N–H and O–H groups in total. The van der Waals surface area contributed by atoms with Crippen molar-refractivity contribution >= 4 is 17.7 Å². The Labute approximate surface area is 136 Å². The third-order valence-electron chi connectivity index (χ3n) is 4.56. The van der Waals surface area contributed by atoms with Crippen LogP contribution in [0.15, 0.2) is 30.4 Å². The van der Waals surface area contributed by atoms with Crippen molar-refractivity contribution in [2.75, 3.05) is 19.0 Å². The molecular formula is C18H22N2O3. The third-order valence-corrected chi connectivity index (χ3v) is 4.56. The number of nitrogens with zero attached hydrogens (tertiary/aromatic N) is 1. The van der Waals surface area contributed by atoms with Gasteiger partial charge in [0, 0.05) is 24.7 Å². The van der Waals surface area contributed by atoms with E-state index in [0.717, 1.165) is 36.9 Å². The van der Waals surface area contributed by atoms with E-state index in [1.54, 1.807) is 4.90 Å². The van der Waals surface area contributed by atoms with Crippen LogP contribution in [0.4, 0.5) is 10.5 Å². The fraction of sp³-hybridized carbons (Fsp3) is 0.444. The number of methoxy groups -OCH3 is 1. The Balaban J connectivity index is 1.69. The van der Waals surface area contributed by atoms with E-state index in [2.05, 4.69) is 17.5 Å². The molecule has 1 heterocycles. The van der Waals surface area contributed by atoms with Crippen molar-refractivity contribution < 1.29 is 14.3 Å². The lowest BCUT2D eigenvalue weighted by molar-refractivity contribution is -0.120. The molecule has 5 heteroatoms. The van der Waals surface area contributed by atoms with Crippen molar-refractivity contribution in [2.24, 2.45) is 5.92 Å². The predicted molar refractivity (Wildman–Crippen MR) is 88.1 cm³/mol. The van der Waals surface area contributed by atoms with Gasteiger partial charge in [0.25, 0.3) is 0 Å². The van der Waals surface area contributed by atoms with Crippen molar-refractivity contribution in [1.82, 2.24) is 4.90 Å². The molecule has 3 rings (SSSR count). The second kappa shape index (κ2) is 6.86. The summed E-state index contributed by atoms with van der Waals surface area (Å²) in [6.07, 6.45) is 7.40. The Kier molecular flexibility index (Phi) is 4.65. The van der Waals surface area contributed by atoms with Crippen LogP contribution in [0.5, 0.6) is 0 Å². The van der Waals surface area contributed by atoms with Crippen molar-refractivity contribution in [3.63, 3.8) is 0 Å². The lowest BCUT2D eigenvalue weighted by atomic mass is 9.93. The van der Waals surface area contributed by atoms with Crippen molar-refractivity contribution in [1.29, 1.82) is 0 Å². The molecule has 1 aromatic rings. The molecule has 122 valence electrons. The highest BCUT2D eigenvalue weighted by Crippen LogP contribution is 2.25. The maximum atomic E-state index is 12.3. The molecule has 2 aliphatic rings. The van der Waals surface area contributed by atoms with Gasteiger partial charge >= 0.3 is 6.09 Å². The topological polar surface area (TPSA) is 58.6 Å². The summed E-state index contributed by atoms with van der Waals surface area (Å²) in [5.41, 5.74) is 3.10. The van der Waals surface area contributed by atoms with Gasteiger partial charge in [0.1, 0.15) is 0 Å². The zero-order valence-electron chi connectivity index (χ0n) is 13.4.